The van der Waals surface area contributed by atoms with Gasteiger partial charge >= 0.3 is 0 Å². The van der Waals surface area contributed by atoms with Crippen LogP contribution in [0.5, 0.6) is 0 Å². The van der Waals surface area contributed by atoms with Gasteiger partial charge in [0.2, 0.25) is 0 Å². The number of aromatic nitrogens is 2. The summed E-state index contributed by atoms with van der Waals surface area (Å²) in [6, 6.07) is 22.5. The summed E-state index contributed by atoms with van der Waals surface area (Å²) in [4.78, 5) is 19.9. The lowest BCUT2D eigenvalue weighted by molar-refractivity contribution is 1.25. The van der Waals surface area contributed by atoms with E-state index in [1.807, 2.05) is 48.6 Å². The summed E-state index contributed by atoms with van der Waals surface area (Å²) >= 11 is 3.07. The second kappa shape index (κ2) is 6.61. The smallest absolute Gasteiger partial charge is 0.266 e. The Morgan fingerprint density at radius 2 is 1.67 bits per heavy atom. The normalized spacial score (nSPS) is 13.0. The first kappa shape index (κ1) is 16.2. The molecule has 0 radical (unpaired) electrons. The Hall–Kier alpha value is -3.02. The van der Waals surface area contributed by atoms with E-state index in [2.05, 4.69) is 40.3 Å². The van der Waals surface area contributed by atoms with Crippen LogP contribution in [0.1, 0.15) is 10.6 Å². The summed E-state index contributed by atoms with van der Waals surface area (Å²) in [6.45, 7) is 0. The average Bonchev–Trinajstić information content (AvgIpc) is 3.24. The lowest BCUT2D eigenvalue weighted by Crippen LogP contribution is -2.19. The van der Waals surface area contributed by atoms with Crippen LogP contribution in [0, 0.1) is 0 Å². The molecule has 0 atom stereocenters. The van der Waals surface area contributed by atoms with Crippen LogP contribution < -0.4 is 14.8 Å². The molecule has 0 saturated carbocycles. The zero-order valence-corrected chi connectivity index (χ0v) is 15.8. The van der Waals surface area contributed by atoms with Crippen molar-refractivity contribution in [1.82, 2.24) is 9.97 Å². The number of nitrogens with zero attached hydrogens (tertiary/aromatic N) is 1. The standard InChI is InChI=1S/C22H14N2OS2/c25-22-19(12-14-9-10-15-5-1-2-6-16(15)11-14)27-21(24-22)13-20-23-17-7-3-4-8-18(17)26-20/h1-13H,(H,24,25)/b19-12-,21-13+. The Labute approximate surface area is 162 Å². The van der Waals surface area contributed by atoms with E-state index in [0.717, 1.165) is 25.5 Å². The molecule has 5 heteroatoms. The average molecular weight is 387 g/mol. The van der Waals surface area contributed by atoms with Gasteiger partial charge in [-0.1, -0.05) is 48.5 Å². The molecule has 0 aliphatic heterocycles. The molecule has 0 aliphatic carbocycles. The van der Waals surface area contributed by atoms with E-state index in [4.69, 9.17) is 0 Å². The van der Waals surface area contributed by atoms with Crippen molar-refractivity contribution in [1.29, 1.82) is 0 Å². The van der Waals surface area contributed by atoms with Gasteiger partial charge in [-0.05, 0) is 40.6 Å². The quantitative estimate of drug-likeness (QED) is 0.501. The monoisotopic (exact) mass is 386 g/mol. The Bertz CT molecular complexity index is 1420. The number of fused-ring (bicyclic) bond motifs is 2. The molecule has 0 bridgehead atoms. The van der Waals surface area contributed by atoms with Crippen molar-refractivity contribution in [2.24, 2.45) is 0 Å². The van der Waals surface area contributed by atoms with Gasteiger partial charge in [0.05, 0.1) is 19.4 Å². The summed E-state index contributed by atoms with van der Waals surface area (Å²) in [5.74, 6) is 0. The molecule has 0 amide bonds. The molecule has 130 valence electrons. The van der Waals surface area contributed by atoms with Gasteiger partial charge in [0.1, 0.15) is 5.01 Å². The number of hydrogen-bond donors (Lipinski definition) is 1. The van der Waals surface area contributed by atoms with Gasteiger partial charge < -0.3 is 4.98 Å². The van der Waals surface area contributed by atoms with Crippen LogP contribution in [-0.4, -0.2) is 9.97 Å². The van der Waals surface area contributed by atoms with Crippen LogP contribution in [0.25, 0.3) is 33.1 Å². The number of nitrogens with one attached hydrogen (secondary N) is 1. The van der Waals surface area contributed by atoms with E-state index in [1.165, 1.54) is 22.1 Å². The highest BCUT2D eigenvalue weighted by Crippen LogP contribution is 2.21. The topological polar surface area (TPSA) is 45.8 Å². The Kier molecular flexibility index (Phi) is 3.96. The molecule has 1 N–H and O–H groups in total. The van der Waals surface area contributed by atoms with Crippen molar-refractivity contribution >= 4 is 55.8 Å². The van der Waals surface area contributed by atoms with E-state index in [9.17, 15) is 4.79 Å². The third kappa shape index (κ3) is 3.23. The minimum absolute atomic E-state index is 0.0690. The molecule has 27 heavy (non-hydrogen) atoms. The maximum atomic E-state index is 12.4. The Morgan fingerprint density at radius 1 is 0.852 bits per heavy atom. The van der Waals surface area contributed by atoms with Gasteiger partial charge in [0.25, 0.3) is 5.56 Å². The highest BCUT2D eigenvalue weighted by atomic mass is 32.1. The van der Waals surface area contributed by atoms with Gasteiger partial charge in [-0.25, -0.2) is 4.98 Å². The Balaban J connectivity index is 1.58. The van der Waals surface area contributed by atoms with Gasteiger partial charge in [-0.3, -0.25) is 4.79 Å². The van der Waals surface area contributed by atoms with Gasteiger partial charge in [0, 0.05) is 6.08 Å². The van der Waals surface area contributed by atoms with Crippen molar-refractivity contribution in [2.75, 3.05) is 0 Å². The molecule has 0 aliphatic rings. The van der Waals surface area contributed by atoms with E-state index in [0.29, 0.717) is 4.53 Å². The molecule has 2 heterocycles. The second-order valence-corrected chi connectivity index (χ2v) is 8.35. The number of aromatic amines is 1. The first-order valence-corrected chi connectivity index (χ1v) is 10.1. The highest BCUT2D eigenvalue weighted by molar-refractivity contribution is 7.19. The fourth-order valence-corrected chi connectivity index (χ4v) is 4.91. The number of thiazole rings is 2. The molecular formula is C22H14N2OS2. The number of rotatable bonds is 2. The zero-order valence-electron chi connectivity index (χ0n) is 14.2. The summed E-state index contributed by atoms with van der Waals surface area (Å²) in [5.41, 5.74) is 1.93. The number of benzene rings is 3. The molecule has 0 saturated heterocycles. The molecule has 0 unspecified atom stereocenters. The van der Waals surface area contributed by atoms with Crippen LogP contribution in [0.2, 0.25) is 0 Å². The molecule has 3 aromatic carbocycles. The van der Waals surface area contributed by atoms with E-state index in [1.54, 1.807) is 11.3 Å². The molecule has 5 rings (SSSR count). The summed E-state index contributed by atoms with van der Waals surface area (Å²) < 4.78 is 2.65. The largest absolute Gasteiger partial charge is 0.313 e. The maximum absolute atomic E-state index is 12.4. The lowest BCUT2D eigenvalue weighted by Gasteiger charge is -1.98. The Morgan fingerprint density at radius 3 is 2.56 bits per heavy atom. The van der Waals surface area contributed by atoms with Crippen LogP contribution in [0.15, 0.2) is 71.5 Å². The maximum Gasteiger partial charge on any atom is 0.266 e. The SMILES string of the molecule is O=c1[nH]/c(=C\c2nc3ccccc3s2)s/c1=C\c1ccc2ccccc2c1. The molecular weight excluding hydrogens is 372 g/mol. The van der Waals surface area contributed by atoms with Crippen molar-refractivity contribution in [3.63, 3.8) is 0 Å². The molecule has 0 fully saturated rings. The minimum atomic E-state index is -0.0690. The third-order valence-corrected chi connectivity index (χ3v) is 6.26. The first-order valence-electron chi connectivity index (χ1n) is 8.52. The van der Waals surface area contributed by atoms with Crippen molar-refractivity contribution < 1.29 is 0 Å². The van der Waals surface area contributed by atoms with Crippen LogP contribution in [0.4, 0.5) is 0 Å². The van der Waals surface area contributed by atoms with Gasteiger partial charge in [0.15, 0.2) is 0 Å². The second-order valence-electron chi connectivity index (χ2n) is 6.20. The van der Waals surface area contributed by atoms with Crippen LogP contribution in [0.3, 0.4) is 0 Å². The fraction of sp³-hybridized carbons (Fsp3) is 0. The lowest BCUT2D eigenvalue weighted by atomic mass is 10.1. The fourth-order valence-electron chi connectivity index (χ4n) is 3.04. The third-order valence-electron chi connectivity index (χ3n) is 4.32. The number of para-hydroxylation sites is 1. The van der Waals surface area contributed by atoms with E-state index >= 15 is 0 Å². The molecule has 5 aromatic rings. The van der Waals surface area contributed by atoms with Gasteiger partial charge in [-0.2, -0.15) is 0 Å². The summed E-state index contributed by atoms with van der Waals surface area (Å²) in [6.07, 6.45) is 3.88. The van der Waals surface area contributed by atoms with Crippen molar-refractivity contribution in [3.05, 3.63) is 96.9 Å². The highest BCUT2D eigenvalue weighted by Gasteiger charge is 2.02. The van der Waals surface area contributed by atoms with Gasteiger partial charge in [-0.15, -0.1) is 22.7 Å². The minimum Gasteiger partial charge on any atom is -0.313 e. The predicted octanol–water partition coefficient (Wildman–Crippen LogP) is 3.86. The summed E-state index contributed by atoms with van der Waals surface area (Å²) in [7, 11) is 0. The predicted molar refractivity (Wildman–Crippen MR) is 115 cm³/mol. The van der Waals surface area contributed by atoms with Crippen LogP contribution in [-0.2, 0) is 0 Å². The number of H-pyrrole nitrogens is 1. The molecule has 2 aromatic heterocycles. The van der Waals surface area contributed by atoms with E-state index < -0.39 is 0 Å². The zero-order chi connectivity index (χ0) is 18.2. The van der Waals surface area contributed by atoms with Crippen molar-refractivity contribution in [2.45, 2.75) is 0 Å². The van der Waals surface area contributed by atoms with Crippen molar-refractivity contribution in [3.8, 4) is 0 Å². The van der Waals surface area contributed by atoms with E-state index in [-0.39, 0.29) is 5.56 Å². The number of hydrogen-bond acceptors (Lipinski definition) is 4. The van der Waals surface area contributed by atoms with Crippen LogP contribution >= 0.6 is 22.7 Å². The first-order chi connectivity index (χ1) is 13.2. The molecule has 3 nitrogen and oxygen atoms in total. The summed E-state index contributed by atoms with van der Waals surface area (Å²) in [5, 5.41) is 3.26. The molecule has 0 spiro atoms.